The van der Waals surface area contributed by atoms with E-state index < -0.39 is 20.9 Å². The molecule has 5 nitrogen and oxygen atoms in total. The zero-order chi connectivity index (χ0) is 18.9. The summed E-state index contributed by atoms with van der Waals surface area (Å²) in [5.74, 6) is -0.319. The Balaban J connectivity index is 1.86. The number of hydrogen-bond acceptors (Lipinski definition) is 4. The first-order chi connectivity index (χ1) is 12.2. The van der Waals surface area contributed by atoms with E-state index >= 15 is 0 Å². The monoisotopic (exact) mass is 375 g/mol. The van der Waals surface area contributed by atoms with Gasteiger partial charge in [-0.05, 0) is 42.5 Å². The molecule has 0 aliphatic carbocycles. The topological polar surface area (TPSA) is 89.6 Å². The molecule has 0 bridgehead atoms. The van der Waals surface area contributed by atoms with Gasteiger partial charge in [0.1, 0.15) is 5.60 Å². The van der Waals surface area contributed by atoms with Crippen LogP contribution in [-0.2, 0) is 20.4 Å². The summed E-state index contributed by atoms with van der Waals surface area (Å²) in [5, 5.41) is 15.7. The standard InChI is InChI=1S/C20H25NO4S/c1-14-5-3-4-6-19(14)16-7-9-17(10-8-16)20(22)13-25-12-18(20)11-15(2)26(21,23)24/h3-10,15,18,22H,11-13H2,1-2H3,(H2,21,23,24). The molecule has 1 heterocycles. The average Bonchev–Trinajstić information content (AvgIpc) is 2.96. The molecule has 1 saturated heterocycles. The van der Waals surface area contributed by atoms with Crippen molar-refractivity contribution in [3.05, 3.63) is 59.7 Å². The summed E-state index contributed by atoms with van der Waals surface area (Å²) in [6, 6.07) is 15.9. The van der Waals surface area contributed by atoms with E-state index in [9.17, 15) is 13.5 Å². The number of hydrogen-bond donors (Lipinski definition) is 2. The van der Waals surface area contributed by atoms with Crippen molar-refractivity contribution in [2.75, 3.05) is 13.2 Å². The number of sulfonamides is 1. The van der Waals surface area contributed by atoms with Crippen LogP contribution in [0.15, 0.2) is 48.5 Å². The summed E-state index contributed by atoms with van der Waals surface area (Å²) in [7, 11) is -3.64. The predicted octanol–water partition coefficient (Wildman–Crippen LogP) is 2.56. The lowest BCUT2D eigenvalue weighted by molar-refractivity contribution is -0.00577. The summed E-state index contributed by atoms with van der Waals surface area (Å²) in [6.07, 6.45) is 0.259. The van der Waals surface area contributed by atoms with Crippen LogP contribution in [-0.4, -0.2) is 32.0 Å². The minimum absolute atomic E-state index is 0.152. The van der Waals surface area contributed by atoms with Gasteiger partial charge in [0.15, 0.2) is 0 Å². The number of nitrogens with two attached hydrogens (primary N) is 1. The Kier molecular flexibility index (Phi) is 5.21. The highest BCUT2D eigenvalue weighted by Gasteiger charge is 2.45. The molecule has 3 atom stereocenters. The van der Waals surface area contributed by atoms with Gasteiger partial charge in [0.2, 0.25) is 10.0 Å². The van der Waals surface area contributed by atoms with Gasteiger partial charge in [0.05, 0.1) is 18.5 Å². The maximum Gasteiger partial charge on any atom is 0.211 e. The lowest BCUT2D eigenvalue weighted by Crippen LogP contribution is -2.38. The van der Waals surface area contributed by atoms with Gasteiger partial charge in [0.25, 0.3) is 0 Å². The SMILES string of the molecule is Cc1ccccc1-c1ccc(C2(O)COCC2CC(C)S(N)(=O)=O)cc1. The summed E-state index contributed by atoms with van der Waals surface area (Å²) >= 11 is 0. The number of aryl methyl sites for hydroxylation is 1. The third kappa shape index (κ3) is 3.69. The van der Waals surface area contributed by atoms with Crippen LogP contribution in [0.2, 0.25) is 0 Å². The fourth-order valence-electron chi connectivity index (χ4n) is 3.56. The second-order valence-corrected chi connectivity index (χ2v) is 9.15. The Morgan fingerprint density at radius 2 is 1.88 bits per heavy atom. The Bertz CT molecular complexity index is 879. The van der Waals surface area contributed by atoms with Gasteiger partial charge in [-0.25, -0.2) is 13.6 Å². The van der Waals surface area contributed by atoms with E-state index in [1.165, 1.54) is 5.56 Å². The largest absolute Gasteiger partial charge is 0.382 e. The molecule has 2 aromatic carbocycles. The fraction of sp³-hybridized carbons (Fsp3) is 0.400. The fourth-order valence-corrected chi connectivity index (χ4v) is 4.07. The first-order valence-electron chi connectivity index (χ1n) is 8.70. The van der Waals surface area contributed by atoms with Gasteiger partial charge in [-0.3, -0.25) is 0 Å². The van der Waals surface area contributed by atoms with Crippen LogP contribution in [0.1, 0.15) is 24.5 Å². The molecule has 2 aromatic rings. The number of benzene rings is 2. The van der Waals surface area contributed by atoms with Crippen molar-refractivity contribution in [3.8, 4) is 11.1 Å². The Morgan fingerprint density at radius 1 is 1.23 bits per heavy atom. The molecular formula is C20H25NO4S. The maximum atomic E-state index is 11.6. The van der Waals surface area contributed by atoms with E-state index in [1.54, 1.807) is 6.92 Å². The Hall–Kier alpha value is -1.73. The van der Waals surface area contributed by atoms with E-state index in [0.717, 1.165) is 16.7 Å². The van der Waals surface area contributed by atoms with Crippen molar-refractivity contribution >= 4 is 10.0 Å². The molecule has 3 unspecified atom stereocenters. The molecule has 3 rings (SSSR count). The van der Waals surface area contributed by atoms with Crippen molar-refractivity contribution in [3.63, 3.8) is 0 Å². The van der Waals surface area contributed by atoms with Crippen molar-refractivity contribution < 1.29 is 18.3 Å². The Labute approximate surface area is 154 Å². The summed E-state index contributed by atoms with van der Waals surface area (Å²) < 4.78 is 28.6. The highest BCUT2D eigenvalue weighted by molar-refractivity contribution is 7.89. The van der Waals surface area contributed by atoms with Crippen molar-refractivity contribution in [2.24, 2.45) is 11.1 Å². The van der Waals surface area contributed by atoms with E-state index in [-0.39, 0.29) is 18.9 Å². The quantitative estimate of drug-likeness (QED) is 0.840. The van der Waals surface area contributed by atoms with Crippen LogP contribution in [0.25, 0.3) is 11.1 Å². The highest BCUT2D eigenvalue weighted by Crippen LogP contribution is 2.39. The second-order valence-electron chi connectivity index (χ2n) is 7.16. The lowest BCUT2D eigenvalue weighted by Gasteiger charge is -2.30. The molecule has 0 radical (unpaired) electrons. The number of primary sulfonamides is 1. The molecule has 1 aliphatic heterocycles. The van der Waals surface area contributed by atoms with Gasteiger partial charge >= 0.3 is 0 Å². The number of ether oxygens (including phenoxy) is 1. The molecule has 0 aromatic heterocycles. The number of rotatable bonds is 5. The van der Waals surface area contributed by atoms with E-state index in [4.69, 9.17) is 9.88 Å². The molecule has 0 saturated carbocycles. The van der Waals surface area contributed by atoms with Crippen LogP contribution >= 0.6 is 0 Å². The number of aliphatic hydroxyl groups is 1. The summed E-state index contributed by atoms with van der Waals surface area (Å²) in [4.78, 5) is 0. The van der Waals surface area contributed by atoms with Crippen LogP contribution < -0.4 is 5.14 Å². The molecule has 26 heavy (non-hydrogen) atoms. The highest BCUT2D eigenvalue weighted by atomic mass is 32.2. The lowest BCUT2D eigenvalue weighted by atomic mass is 9.81. The smallest absolute Gasteiger partial charge is 0.211 e. The molecule has 0 spiro atoms. The predicted molar refractivity (Wildman–Crippen MR) is 102 cm³/mol. The van der Waals surface area contributed by atoms with Crippen LogP contribution in [0.5, 0.6) is 0 Å². The van der Waals surface area contributed by atoms with Gasteiger partial charge < -0.3 is 9.84 Å². The Morgan fingerprint density at radius 3 is 2.50 bits per heavy atom. The van der Waals surface area contributed by atoms with Crippen LogP contribution in [0.4, 0.5) is 0 Å². The van der Waals surface area contributed by atoms with Crippen molar-refractivity contribution in [1.82, 2.24) is 0 Å². The molecule has 0 amide bonds. The van der Waals surface area contributed by atoms with Crippen LogP contribution in [0.3, 0.4) is 0 Å². The molecule has 6 heteroatoms. The third-order valence-corrected chi connectivity index (χ3v) is 6.65. The minimum Gasteiger partial charge on any atom is -0.382 e. The summed E-state index contributed by atoms with van der Waals surface area (Å²) in [6.45, 7) is 4.09. The first kappa shape index (κ1) is 19.0. The van der Waals surface area contributed by atoms with E-state index in [2.05, 4.69) is 19.1 Å². The van der Waals surface area contributed by atoms with Gasteiger partial charge in [0, 0.05) is 5.92 Å². The van der Waals surface area contributed by atoms with Gasteiger partial charge in [-0.15, -0.1) is 0 Å². The van der Waals surface area contributed by atoms with Gasteiger partial charge in [-0.2, -0.15) is 0 Å². The molecule has 140 valence electrons. The van der Waals surface area contributed by atoms with E-state index in [0.29, 0.717) is 6.61 Å². The molecule has 1 fully saturated rings. The van der Waals surface area contributed by atoms with Gasteiger partial charge in [-0.1, -0.05) is 48.5 Å². The normalized spacial score (nSPS) is 24.5. The van der Waals surface area contributed by atoms with E-state index in [1.807, 2.05) is 36.4 Å². The van der Waals surface area contributed by atoms with Crippen molar-refractivity contribution in [1.29, 1.82) is 0 Å². The zero-order valence-electron chi connectivity index (χ0n) is 15.1. The van der Waals surface area contributed by atoms with Crippen molar-refractivity contribution in [2.45, 2.75) is 31.1 Å². The molecule has 1 aliphatic rings. The first-order valence-corrected chi connectivity index (χ1v) is 10.3. The molecule has 3 N–H and O–H groups in total. The second kappa shape index (κ2) is 7.12. The average molecular weight is 375 g/mol. The minimum atomic E-state index is -3.64. The summed E-state index contributed by atoms with van der Waals surface area (Å²) in [5.41, 5.74) is 2.93. The van der Waals surface area contributed by atoms with Crippen LogP contribution in [0, 0.1) is 12.8 Å². The maximum absolute atomic E-state index is 11.6. The third-order valence-electron chi connectivity index (χ3n) is 5.33. The zero-order valence-corrected chi connectivity index (χ0v) is 15.9. The molecular weight excluding hydrogens is 350 g/mol.